The molecule has 0 spiro atoms. The van der Waals surface area contributed by atoms with Gasteiger partial charge in [-0.3, -0.25) is 4.79 Å². The van der Waals surface area contributed by atoms with Gasteiger partial charge in [0, 0.05) is 31.5 Å². The number of amides is 1. The summed E-state index contributed by atoms with van der Waals surface area (Å²) in [5, 5.41) is 0. The Balaban J connectivity index is 1.40. The second-order valence-corrected chi connectivity index (χ2v) is 9.24. The fraction of sp³-hybridized carbons (Fsp3) is 0.448. The van der Waals surface area contributed by atoms with Crippen LogP contribution in [0.5, 0.6) is 28.7 Å². The van der Waals surface area contributed by atoms with Gasteiger partial charge in [0.2, 0.25) is 11.7 Å². The Labute approximate surface area is 223 Å². The summed E-state index contributed by atoms with van der Waals surface area (Å²) in [5.74, 6) is 2.07. The molecule has 204 valence electrons. The number of carbonyl (C=O) groups is 2. The minimum absolute atomic E-state index is 0.0297. The van der Waals surface area contributed by atoms with E-state index in [1.807, 2.05) is 23.1 Å². The number of esters is 1. The van der Waals surface area contributed by atoms with Crippen LogP contribution in [0.25, 0.3) is 6.08 Å². The molecule has 9 nitrogen and oxygen atoms in total. The van der Waals surface area contributed by atoms with Crippen LogP contribution in [-0.4, -0.2) is 71.5 Å². The van der Waals surface area contributed by atoms with Crippen molar-refractivity contribution < 1.29 is 38.0 Å². The smallest absolute Gasteiger partial charge is 0.338 e. The van der Waals surface area contributed by atoms with Crippen molar-refractivity contribution in [2.24, 2.45) is 0 Å². The number of hydrogen-bond donors (Lipinski definition) is 0. The lowest BCUT2D eigenvalue weighted by molar-refractivity contribution is -0.129. The maximum Gasteiger partial charge on any atom is 0.338 e. The topological polar surface area (TPSA) is 92.8 Å². The number of hydrogen-bond acceptors (Lipinski definition) is 8. The Morgan fingerprint density at radius 1 is 0.763 bits per heavy atom. The molecule has 0 aromatic heterocycles. The van der Waals surface area contributed by atoms with E-state index in [1.165, 1.54) is 21.3 Å². The molecule has 2 aliphatic rings. The number of aryl methyl sites for hydroxylation is 1. The van der Waals surface area contributed by atoms with Gasteiger partial charge in [-0.2, -0.15) is 0 Å². The minimum Gasteiger partial charge on any atom is -0.493 e. The van der Waals surface area contributed by atoms with Gasteiger partial charge in [0.15, 0.2) is 23.0 Å². The van der Waals surface area contributed by atoms with Gasteiger partial charge in [0.05, 0.1) is 41.1 Å². The molecule has 2 aromatic carbocycles. The van der Waals surface area contributed by atoms with E-state index in [4.69, 9.17) is 28.4 Å². The summed E-state index contributed by atoms with van der Waals surface area (Å²) in [7, 11) is 7.72. The van der Waals surface area contributed by atoms with Gasteiger partial charge in [-0.25, -0.2) is 4.79 Å². The molecule has 1 saturated heterocycles. The number of likely N-dealkylation sites (tertiary alicyclic amines) is 1. The van der Waals surface area contributed by atoms with Crippen LogP contribution in [0.2, 0.25) is 0 Å². The first-order valence-electron chi connectivity index (χ1n) is 12.7. The monoisotopic (exact) mass is 525 g/mol. The van der Waals surface area contributed by atoms with E-state index >= 15 is 0 Å². The Hall–Kier alpha value is -3.88. The molecule has 1 aliphatic heterocycles. The van der Waals surface area contributed by atoms with Crippen LogP contribution >= 0.6 is 0 Å². The fourth-order valence-electron chi connectivity index (χ4n) is 4.98. The summed E-state index contributed by atoms with van der Waals surface area (Å²) >= 11 is 0. The highest BCUT2D eigenvalue weighted by Gasteiger charge is 2.29. The maximum atomic E-state index is 13.4. The Morgan fingerprint density at radius 2 is 1.37 bits per heavy atom. The molecule has 2 aromatic rings. The highest BCUT2D eigenvalue weighted by Crippen LogP contribution is 2.39. The van der Waals surface area contributed by atoms with E-state index in [0.29, 0.717) is 66.7 Å². The number of piperidine rings is 1. The minimum atomic E-state index is -0.471. The maximum absolute atomic E-state index is 13.4. The number of rotatable bonds is 8. The van der Waals surface area contributed by atoms with Gasteiger partial charge >= 0.3 is 5.97 Å². The summed E-state index contributed by atoms with van der Waals surface area (Å²) in [6.45, 7) is 1.03. The van der Waals surface area contributed by atoms with Crippen LogP contribution in [0.15, 0.2) is 29.8 Å². The van der Waals surface area contributed by atoms with Gasteiger partial charge in [-0.05, 0) is 60.7 Å². The zero-order chi connectivity index (χ0) is 27.2. The third-order valence-corrected chi connectivity index (χ3v) is 7.05. The molecule has 1 heterocycles. The molecule has 4 rings (SSSR count). The van der Waals surface area contributed by atoms with Crippen molar-refractivity contribution in [2.45, 2.75) is 38.2 Å². The normalized spacial score (nSPS) is 15.5. The molecule has 0 radical (unpaired) electrons. The predicted molar refractivity (Wildman–Crippen MR) is 142 cm³/mol. The van der Waals surface area contributed by atoms with E-state index in [-0.39, 0.29) is 12.0 Å². The number of fused-ring (bicyclic) bond motifs is 1. The first-order chi connectivity index (χ1) is 18.4. The second kappa shape index (κ2) is 12.1. The van der Waals surface area contributed by atoms with E-state index in [9.17, 15) is 9.59 Å². The molecule has 0 atom stereocenters. The Bertz CT molecular complexity index is 1190. The van der Waals surface area contributed by atoms with Crippen molar-refractivity contribution in [3.63, 3.8) is 0 Å². The summed E-state index contributed by atoms with van der Waals surface area (Å²) < 4.78 is 32.7. The van der Waals surface area contributed by atoms with Gasteiger partial charge < -0.3 is 33.3 Å². The molecule has 38 heavy (non-hydrogen) atoms. The molecule has 0 N–H and O–H groups in total. The zero-order valence-electron chi connectivity index (χ0n) is 22.6. The van der Waals surface area contributed by atoms with Crippen LogP contribution in [0.1, 0.15) is 47.2 Å². The quantitative estimate of drug-likeness (QED) is 0.471. The summed E-state index contributed by atoms with van der Waals surface area (Å²) in [4.78, 5) is 28.1. The average Bonchev–Trinajstić information content (AvgIpc) is 3.17. The molecule has 1 amide bonds. The van der Waals surface area contributed by atoms with Crippen molar-refractivity contribution in [3.8, 4) is 28.7 Å². The fourth-order valence-corrected chi connectivity index (χ4v) is 4.98. The lowest BCUT2D eigenvalue weighted by Crippen LogP contribution is -2.42. The van der Waals surface area contributed by atoms with Crippen molar-refractivity contribution >= 4 is 18.0 Å². The van der Waals surface area contributed by atoms with Crippen molar-refractivity contribution in [1.29, 1.82) is 0 Å². The highest BCUT2D eigenvalue weighted by molar-refractivity contribution is 5.98. The first kappa shape index (κ1) is 27.2. The van der Waals surface area contributed by atoms with Crippen LogP contribution in [0, 0.1) is 0 Å². The number of benzene rings is 2. The highest BCUT2D eigenvalue weighted by atomic mass is 16.5. The summed E-state index contributed by atoms with van der Waals surface area (Å²) in [5.41, 5.74) is 3.22. The summed E-state index contributed by atoms with van der Waals surface area (Å²) in [6, 6.07) is 7.07. The van der Waals surface area contributed by atoms with Crippen LogP contribution in [0.3, 0.4) is 0 Å². The van der Waals surface area contributed by atoms with Crippen LogP contribution < -0.4 is 23.7 Å². The SMILES string of the molecule is COc1cc2c(cc1OC)CCCC(C(=O)N1CCC(OC(=O)c3cc(OC)c(OC)c(OC)c3)CC1)=C2. The van der Waals surface area contributed by atoms with Gasteiger partial charge in [0.25, 0.3) is 0 Å². The Kier molecular flexibility index (Phi) is 8.66. The molecule has 9 heteroatoms. The third kappa shape index (κ3) is 5.66. The van der Waals surface area contributed by atoms with Crippen molar-refractivity contribution in [1.82, 2.24) is 4.90 Å². The molecule has 0 saturated carbocycles. The first-order valence-corrected chi connectivity index (χ1v) is 12.7. The number of carbonyl (C=O) groups excluding carboxylic acids is 2. The molecule has 1 aliphatic carbocycles. The van der Waals surface area contributed by atoms with Gasteiger partial charge in [-0.1, -0.05) is 0 Å². The van der Waals surface area contributed by atoms with E-state index < -0.39 is 5.97 Å². The Morgan fingerprint density at radius 3 is 1.95 bits per heavy atom. The second-order valence-electron chi connectivity index (χ2n) is 9.24. The van der Waals surface area contributed by atoms with E-state index in [1.54, 1.807) is 26.4 Å². The summed E-state index contributed by atoms with van der Waals surface area (Å²) in [6.07, 6.45) is 5.27. The number of nitrogens with zero attached hydrogens (tertiary/aromatic N) is 1. The molecular formula is C29H35NO8. The molecular weight excluding hydrogens is 490 g/mol. The molecule has 1 fully saturated rings. The van der Waals surface area contributed by atoms with E-state index in [0.717, 1.165) is 29.5 Å². The standard InChI is InChI=1S/C29H35NO8/c1-33-23-14-18-7-6-8-19(13-20(18)15-24(23)34-2)28(31)30-11-9-22(10-12-30)38-29(32)21-16-25(35-3)27(37-5)26(17-21)36-4/h13-17,22H,6-12H2,1-5H3. The zero-order valence-corrected chi connectivity index (χ0v) is 22.6. The van der Waals surface area contributed by atoms with E-state index in [2.05, 4.69) is 0 Å². The molecule has 0 unspecified atom stereocenters. The average molecular weight is 526 g/mol. The van der Waals surface area contributed by atoms with Crippen LogP contribution in [-0.2, 0) is 16.0 Å². The van der Waals surface area contributed by atoms with Gasteiger partial charge in [0.1, 0.15) is 6.10 Å². The van der Waals surface area contributed by atoms with Gasteiger partial charge in [-0.15, -0.1) is 0 Å². The predicted octanol–water partition coefficient (Wildman–Crippen LogP) is 4.30. The number of ether oxygens (including phenoxy) is 6. The van der Waals surface area contributed by atoms with Crippen LogP contribution in [0.4, 0.5) is 0 Å². The van der Waals surface area contributed by atoms with Crippen molar-refractivity contribution in [3.05, 3.63) is 46.5 Å². The largest absolute Gasteiger partial charge is 0.493 e. The number of methoxy groups -OCH3 is 5. The lowest BCUT2D eigenvalue weighted by atomic mass is 10.0. The molecule has 0 bridgehead atoms. The third-order valence-electron chi connectivity index (χ3n) is 7.05. The lowest BCUT2D eigenvalue weighted by Gasteiger charge is -2.32. The van der Waals surface area contributed by atoms with Crippen molar-refractivity contribution in [2.75, 3.05) is 48.6 Å².